The molecule has 0 N–H and O–H groups in total. The normalized spacial score (nSPS) is 15.0. The van der Waals surface area contributed by atoms with Crippen LogP contribution in [0.25, 0.3) is 28.1 Å². The van der Waals surface area contributed by atoms with E-state index in [2.05, 4.69) is 48.6 Å². The van der Waals surface area contributed by atoms with Gasteiger partial charge in [0.25, 0.3) is 17.7 Å². The van der Waals surface area contributed by atoms with Crippen molar-refractivity contribution in [1.29, 1.82) is 0 Å². The number of amides is 3. The zero-order valence-corrected chi connectivity index (χ0v) is 45.4. The Kier molecular flexibility index (Phi) is 14.4. The number of carbonyl (C=O) groups is 3. The van der Waals surface area contributed by atoms with Crippen molar-refractivity contribution in [3.05, 3.63) is 280 Å². The first-order valence-electron chi connectivity index (χ1n) is 28.6. The molecule has 0 aliphatic heterocycles. The van der Waals surface area contributed by atoms with Crippen LogP contribution in [0.5, 0.6) is 0 Å². The summed E-state index contributed by atoms with van der Waals surface area (Å²) in [5.41, 5.74) is 17.7. The molecule has 0 bridgehead atoms. The van der Waals surface area contributed by atoms with E-state index >= 15 is 14.4 Å². The van der Waals surface area contributed by atoms with Gasteiger partial charge in [0, 0.05) is 27.8 Å². The van der Waals surface area contributed by atoms with Crippen LogP contribution in [0.1, 0.15) is 114 Å². The molecule has 4 aliphatic carbocycles. The summed E-state index contributed by atoms with van der Waals surface area (Å²) in [5.74, 6) is -0.633. The number of nitrogens with zero attached hydrogens (tertiary/aromatic N) is 6. The van der Waals surface area contributed by atoms with E-state index in [0.717, 1.165) is 96.3 Å². The number of pyridine rings is 3. The predicted molar refractivity (Wildman–Crippen MR) is 323 cm³/mol. The quantitative estimate of drug-likeness (QED) is 0.101. The van der Waals surface area contributed by atoms with Crippen molar-refractivity contribution in [3.8, 4) is 22.5 Å². The van der Waals surface area contributed by atoms with Gasteiger partial charge < -0.3 is 14.7 Å². The molecule has 4 aliphatic rings. The molecule has 9 aromatic rings. The summed E-state index contributed by atoms with van der Waals surface area (Å²) in [6.45, 7) is 0.620. The molecule has 3 heterocycles. The van der Waals surface area contributed by atoms with Crippen molar-refractivity contribution >= 4 is 40.4 Å². The van der Waals surface area contributed by atoms with Gasteiger partial charge in [0.1, 0.15) is 0 Å². The number of anilines is 3. The van der Waals surface area contributed by atoms with E-state index in [1.807, 2.05) is 127 Å². The summed E-state index contributed by atoms with van der Waals surface area (Å²) in [6.07, 6.45) is 20.9. The van der Waals surface area contributed by atoms with E-state index in [0.29, 0.717) is 23.0 Å². The molecular weight excluding hydrogens is 997 g/mol. The van der Waals surface area contributed by atoms with E-state index in [1.165, 1.54) is 46.2 Å². The van der Waals surface area contributed by atoms with Crippen LogP contribution < -0.4 is 14.7 Å². The largest absolute Gasteiger partial charge is 0.302 e. The molecule has 0 saturated heterocycles. The van der Waals surface area contributed by atoms with Gasteiger partial charge in [0.15, 0.2) is 0 Å². The lowest BCUT2D eigenvalue weighted by molar-refractivity contribution is 0.0984. The third-order valence-corrected chi connectivity index (χ3v) is 16.8. The third-order valence-electron chi connectivity index (χ3n) is 16.8. The maximum absolute atomic E-state index is 15.8. The van der Waals surface area contributed by atoms with Crippen molar-refractivity contribution in [1.82, 2.24) is 15.0 Å². The van der Waals surface area contributed by atoms with Crippen LogP contribution >= 0.6 is 0 Å². The topological polar surface area (TPSA) is 99.6 Å². The van der Waals surface area contributed by atoms with Gasteiger partial charge in [0.05, 0.1) is 72.4 Å². The van der Waals surface area contributed by atoms with Gasteiger partial charge in [-0.1, -0.05) is 133 Å². The molecule has 0 radical (unpaired) electrons. The number of hydrogen-bond acceptors (Lipinski definition) is 6. The highest BCUT2D eigenvalue weighted by atomic mass is 16.2. The highest BCUT2D eigenvalue weighted by molar-refractivity contribution is 6.14. The Hall–Kier alpha value is -9.34. The van der Waals surface area contributed by atoms with Crippen LogP contribution in [0.2, 0.25) is 0 Å². The summed E-state index contributed by atoms with van der Waals surface area (Å²) >= 11 is 0. The van der Waals surface area contributed by atoms with Gasteiger partial charge >= 0.3 is 0 Å². The van der Waals surface area contributed by atoms with Gasteiger partial charge in [-0.3, -0.25) is 29.3 Å². The first kappa shape index (κ1) is 51.1. The molecule has 1 saturated carbocycles. The molecule has 81 heavy (non-hydrogen) atoms. The van der Waals surface area contributed by atoms with Crippen molar-refractivity contribution in [3.63, 3.8) is 0 Å². The fraction of sp³-hybridized carbons (Fsp3) is 0.194. The number of aryl methyl sites for hydroxylation is 4. The van der Waals surface area contributed by atoms with Gasteiger partial charge in [-0.25, -0.2) is 0 Å². The Balaban J connectivity index is 0.910. The average Bonchev–Trinajstić information content (AvgIpc) is 4.35. The first-order valence-corrected chi connectivity index (χ1v) is 28.6. The minimum Gasteiger partial charge on any atom is -0.302 e. The van der Waals surface area contributed by atoms with Crippen LogP contribution in [-0.2, 0) is 45.3 Å². The van der Waals surface area contributed by atoms with E-state index < -0.39 is 17.7 Å². The number of carbonyl (C=O) groups excluding carboxylic acids is 3. The number of rotatable bonds is 15. The van der Waals surface area contributed by atoms with Crippen LogP contribution in [0, 0.1) is 5.92 Å². The highest BCUT2D eigenvalue weighted by Gasteiger charge is 2.30. The van der Waals surface area contributed by atoms with Crippen molar-refractivity contribution in [2.24, 2.45) is 5.92 Å². The summed E-state index contributed by atoms with van der Waals surface area (Å²) in [5, 5.41) is 0. The van der Waals surface area contributed by atoms with Crippen LogP contribution in [0.4, 0.5) is 17.1 Å². The maximum Gasteiger partial charge on any atom is 0.258 e. The van der Waals surface area contributed by atoms with E-state index in [-0.39, 0.29) is 36.3 Å². The smallest absolute Gasteiger partial charge is 0.258 e. The van der Waals surface area contributed by atoms with Gasteiger partial charge in [-0.05, 0) is 181 Å². The Bertz CT molecular complexity index is 3680. The second-order valence-corrected chi connectivity index (χ2v) is 22.0. The van der Waals surface area contributed by atoms with Crippen molar-refractivity contribution in [2.45, 2.75) is 83.8 Å². The van der Waals surface area contributed by atoms with E-state index in [9.17, 15) is 0 Å². The number of hydrogen-bond donors (Lipinski definition) is 0. The SMILES string of the molecule is O=C(c1cc(C(=O)N(Cc2ccccc2)c2ccc(-c3ccc4c(c3)CCC4)nc2)cc(C(=O)N(Cc2ccccc2)c2ccc(-c3ccc4c(c3)CCC4)nc2)c1)N(Cc1ccccc1)c1ccc(C2=CC=C3CCCC3C2)nc1. The Morgan fingerprint density at radius 3 is 1.21 bits per heavy atom. The highest BCUT2D eigenvalue weighted by Crippen LogP contribution is 2.41. The Morgan fingerprint density at radius 1 is 0.395 bits per heavy atom. The summed E-state index contributed by atoms with van der Waals surface area (Å²) in [6, 6.07) is 59.3. The summed E-state index contributed by atoms with van der Waals surface area (Å²) in [4.78, 5) is 67.3. The molecule has 6 aromatic carbocycles. The molecular formula is C72H62N6O3. The Morgan fingerprint density at radius 2 is 0.802 bits per heavy atom. The molecule has 1 atom stereocenters. The third kappa shape index (κ3) is 11.0. The van der Waals surface area contributed by atoms with Crippen LogP contribution in [-0.4, -0.2) is 32.7 Å². The second kappa shape index (κ2) is 22.8. The minimum absolute atomic E-state index is 0.171. The fourth-order valence-corrected chi connectivity index (χ4v) is 12.4. The summed E-state index contributed by atoms with van der Waals surface area (Å²) < 4.78 is 0. The number of fused-ring (bicyclic) bond motifs is 3. The van der Waals surface area contributed by atoms with Gasteiger partial charge in [-0.2, -0.15) is 0 Å². The average molecular weight is 1060 g/mol. The maximum atomic E-state index is 15.8. The van der Waals surface area contributed by atoms with Crippen LogP contribution in [0.3, 0.4) is 0 Å². The molecule has 0 spiro atoms. The molecule has 1 fully saturated rings. The molecule has 9 heteroatoms. The minimum atomic E-state index is -0.398. The molecule has 1 unspecified atom stereocenters. The lowest BCUT2D eigenvalue weighted by atomic mass is 9.88. The molecule has 3 aromatic heterocycles. The first-order chi connectivity index (χ1) is 39.8. The standard InChI is InChI=1S/C72H62N6O3/c79-70(76(46-49-13-4-1-5-14-49)64-31-34-67(73-43-64)58-28-25-52-19-10-22-55(52)37-58)61-40-62(71(80)77(47-50-15-6-2-7-16-50)65-32-35-68(74-44-65)59-29-26-53-20-11-23-56(53)38-59)42-63(41-61)72(81)78(48-51-17-8-3-9-18-51)66-33-36-69(75-45-66)60-30-27-54-21-12-24-57(54)39-60/h1-9,13-18,25-38,40-45,57H,10-12,19-24,39,46-48H2. The molecule has 9 nitrogen and oxygen atoms in total. The number of aromatic nitrogens is 3. The second-order valence-electron chi connectivity index (χ2n) is 22.0. The predicted octanol–water partition coefficient (Wildman–Crippen LogP) is 15.2. The summed E-state index contributed by atoms with van der Waals surface area (Å²) in [7, 11) is 0. The Labute approximate surface area is 474 Å². The number of allylic oxidation sites excluding steroid dienone is 4. The van der Waals surface area contributed by atoms with Crippen molar-refractivity contribution < 1.29 is 14.4 Å². The zero-order chi connectivity index (χ0) is 54.7. The monoisotopic (exact) mass is 1060 g/mol. The fourth-order valence-electron chi connectivity index (χ4n) is 12.4. The zero-order valence-electron chi connectivity index (χ0n) is 45.4. The van der Waals surface area contributed by atoms with Crippen LogP contribution in [0.15, 0.2) is 218 Å². The van der Waals surface area contributed by atoms with E-state index in [1.54, 1.807) is 51.5 Å². The molecule has 398 valence electrons. The van der Waals surface area contributed by atoms with Gasteiger partial charge in [0.2, 0.25) is 0 Å². The van der Waals surface area contributed by atoms with Crippen molar-refractivity contribution in [2.75, 3.05) is 14.7 Å². The van der Waals surface area contributed by atoms with E-state index in [4.69, 9.17) is 15.0 Å². The lowest BCUT2D eigenvalue weighted by Crippen LogP contribution is -2.34. The molecule has 3 amide bonds. The van der Waals surface area contributed by atoms with Gasteiger partial charge in [-0.15, -0.1) is 0 Å². The lowest BCUT2D eigenvalue weighted by Gasteiger charge is -2.27. The number of benzene rings is 6. The molecule has 13 rings (SSSR count).